The van der Waals surface area contributed by atoms with Crippen LogP contribution in [0.15, 0.2) is 18.2 Å². The van der Waals surface area contributed by atoms with Crippen molar-refractivity contribution in [2.75, 3.05) is 37.7 Å². The minimum Gasteiger partial charge on any atom is -0.399 e. The summed E-state index contributed by atoms with van der Waals surface area (Å²) in [6.45, 7) is 3.75. The Labute approximate surface area is 118 Å². The fourth-order valence-corrected chi connectivity index (χ4v) is 2.13. The normalized spacial score (nSPS) is 14.8. The first-order valence-electron chi connectivity index (χ1n) is 6.63. The van der Waals surface area contributed by atoms with Crippen molar-refractivity contribution in [3.05, 3.63) is 23.8 Å². The molecule has 1 aromatic rings. The molecule has 20 heavy (non-hydrogen) atoms. The summed E-state index contributed by atoms with van der Waals surface area (Å²) in [6, 6.07) is 5.38. The lowest BCUT2D eigenvalue weighted by Crippen LogP contribution is -2.32. The molecule has 108 valence electrons. The van der Waals surface area contributed by atoms with Gasteiger partial charge in [-0.25, -0.2) is 4.79 Å². The Morgan fingerprint density at radius 1 is 1.40 bits per heavy atom. The fourth-order valence-electron chi connectivity index (χ4n) is 2.13. The molecule has 3 N–H and O–H groups in total. The van der Waals surface area contributed by atoms with Crippen LogP contribution in [0.1, 0.15) is 12.0 Å². The zero-order valence-corrected chi connectivity index (χ0v) is 11.8. The summed E-state index contributed by atoms with van der Waals surface area (Å²) in [5.74, 6) is -0.110. The molecule has 0 radical (unpaired) electrons. The molecule has 6 nitrogen and oxygen atoms in total. The van der Waals surface area contributed by atoms with Crippen molar-refractivity contribution in [3.8, 4) is 0 Å². The summed E-state index contributed by atoms with van der Waals surface area (Å²) in [4.78, 5) is 26.9. The maximum absolute atomic E-state index is 11.9. The number of hydrogen-bond acceptors (Lipinski definition) is 3. The SMILES string of the molecule is Cc1ccc(N)cc1NC(=O)CCN1CCN(C)C1=O. The van der Waals surface area contributed by atoms with Crippen LogP contribution in [-0.2, 0) is 4.79 Å². The summed E-state index contributed by atoms with van der Waals surface area (Å²) in [7, 11) is 1.76. The Morgan fingerprint density at radius 2 is 2.15 bits per heavy atom. The summed E-state index contributed by atoms with van der Waals surface area (Å²) < 4.78 is 0. The van der Waals surface area contributed by atoms with Gasteiger partial charge in [0.1, 0.15) is 0 Å². The largest absolute Gasteiger partial charge is 0.399 e. The van der Waals surface area contributed by atoms with E-state index in [1.165, 1.54) is 0 Å². The second-order valence-electron chi connectivity index (χ2n) is 5.06. The summed E-state index contributed by atoms with van der Waals surface area (Å²) >= 11 is 0. The van der Waals surface area contributed by atoms with E-state index in [4.69, 9.17) is 5.73 Å². The molecule has 0 unspecified atom stereocenters. The highest BCUT2D eigenvalue weighted by Gasteiger charge is 2.25. The quantitative estimate of drug-likeness (QED) is 0.813. The minimum atomic E-state index is -0.110. The van der Waals surface area contributed by atoms with Crippen molar-refractivity contribution in [1.82, 2.24) is 9.80 Å². The van der Waals surface area contributed by atoms with E-state index in [9.17, 15) is 9.59 Å². The lowest BCUT2D eigenvalue weighted by atomic mass is 10.2. The van der Waals surface area contributed by atoms with E-state index in [2.05, 4.69) is 5.32 Å². The van der Waals surface area contributed by atoms with Gasteiger partial charge in [0, 0.05) is 44.5 Å². The number of carbonyl (C=O) groups is 2. The number of aryl methyl sites for hydroxylation is 1. The highest BCUT2D eigenvalue weighted by molar-refractivity contribution is 5.92. The van der Waals surface area contributed by atoms with E-state index < -0.39 is 0 Å². The monoisotopic (exact) mass is 276 g/mol. The lowest BCUT2D eigenvalue weighted by molar-refractivity contribution is -0.116. The van der Waals surface area contributed by atoms with Gasteiger partial charge in [-0.1, -0.05) is 6.07 Å². The van der Waals surface area contributed by atoms with Gasteiger partial charge in [0.05, 0.1) is 0 Å². The third kappa shape index (κ3) is 3.20. The molecule has 0 spiro atoms. The Morgan fingerprint density at radius 3 is 2.80 bits per heavy atom. The number of likely N-dealkylation sites (N-methyl/N-ethyl adjacent to an activating group) is 1. The first kappa shape index (κ1) is 14.2. The molecule has 0 aliphatic carbocycles. The zero-order chi connectivity index (χ0) is 14.7. The van der Waals surface area contributed by atoms with Gasteiger partial charge in [0.15, 0.2) is 0 Å². The maximum atomic E-state index is 11.9. The molecule has 6 heteroatoms. The average Bonchev–Trinajstić information content (AvgIpc) is 2.72. The van der Waals surface area contributed by atoms with E-state index in [1.807, 2.05) is 13.0 Å². The molecular weight excluding hydrogens is 256 g/mol. The zero-order valence-electron chi connectivity index (χ0n) is 11.8. The number of benzene rings is 1. The van der Waals surface area contributed by atoms with Crippen molar-refractivity contribution in [1.29, 1.82) is 0 Å². The van der Waals surface area contributed by atoms with Crippen molar-refractivity contribution in [2.45, 2.75) is 13.3 Å². The number of urea groups is 1. The summed E-state index contributed by atoms with van der Waals surface area (Å²) in [6.07, 6.45) is 0.286. The second-order valence-corrected chi connectivity index (χ2v) is 5.06. The molecule has 1 fully saturated rings. The van der Waals surface area contributed by atoms with Gasteiger partial charge in [-0.05, 0) is 24.6 Å². The first-order chi connectivity index (χ1) is 9.47. The van der Waals surface area contributed by atoms with E-state index in [0.29, 0.717) is 18.8 Å². The van der Waals surface area contributed by atoms with Gasteiger partial charge in [-0.3, -0.25) is 4.79 Å². The van der Waals surface area contributed by atoms with E-state index >= 15 is 0 Å². The van der Waals surface area contributed by atoms with Crippen LogP contribution < -0.4 is 11.1 Å². The first-order valence-corrected chi connectivity index (χ1v) is 6.63. The molecule has 0 saturated carbocycles. The van der Waals surface area contributed by atoms with Crippen LogP contribution in [0.2, 0.25) is 0 Å². The van der Waals surface area contributed by atoms with Crippen LogP contribution in [0.4, 0.5) is 16.2 Å². The summed E-state index contributed by atoms with van der Waals surface area (Å²) in [5.41, 5.74) is 8.00. The number of nitrogens with one attached hydrogen (secondary N) is 1. The molecule has 1 aromatic carbocycles. The van der Waals surface area contributed by atoms with Crippen LogP contribution in [0.25, 0.3) is 0 Å². The molecule has 0 atom stereocenters. The highest BCUT2D eigenvalue weighted by Crippen LogP contribution is 2.18. The maximum Gasteiger partial charge on any atom is 0.319 e. The molecule has 0 bridgehead atoms. The average molecular weight is 276 g/mol. The molecule has 1 heterocycles. The van der Waals surface area contributed by atoms with Gasteiger partial charge < -0.3 is 20.9 Å². The van der Waals surface area contributed by atoms with Crippen LogP contribution in [0.3, 0.4) is 0 Å². The predicted molar refractivity (Wildman–Crippen MR) is 78.4 cm³/mol. The second kappa shape index (κ2) is 5.81. The van der Waals surface area contributed by atoms with Crippen molar-refractivity contribution >= 4 is 23.3 Å². The Bertz CT molecular complexity index is 530. The van der Waals surface area contributed by atoms with E-state index in [0.717, 1.165) is 17.8 Å². The number of hydrogen-bond donors (Lipinski definition) is 2. The number of amides is 3. The molecule has 1 aliphatic rings. The van der Waals surface area contributed by atoms with Gasteiger partial charge in [-0.2, -0.15) is 0 Å². The third-order valence-electron chi connectivity index (χ3n) is 3.45. The third-order valence-corrected chi connectivity index (χ3v) is 3.45. The van der Waals surface area contributed by atoms with Crippen molar-refractivity contribution in [3.63, 3.8) is 0 Å². The molecule has 1 saturated heterocycles. The van der Waals surface area contributed by atoms with Gasteiger partial charge in [0.2, 0.25) is 5.91 Å². The van der Waals surface area contributed by atoms with Gasteiger partial charge >= 0.3 is 6.03 Å². The number of anilines is 2. The van der Waals surface area contributed by atoms with E-state index in [-0.39, 0.29) is 18.4 Å². The lowest BCUT2D eigenvalue weighted by Gasteiger charge is -2.16. The van der Waals surface area contributed by atoms with Crippen molar-refractivity contribution < 1.29 is 9.59 Å². The Hall–Kier alpha value is -2.24. The Balaban J connectivity index is 1.87. The number of carbonyl (C=O) groups excluding carboxylic acids is 2. The van der Waals surface area contributed by atoms with Crippen LogP contribution in [0.5, 0.6) is 0 Å². The van der Waals surface area contributed by atoms with Crippen molar-refractivity contribution in [2.24, 2.45) is 0 Å². The standard InChI is InChI=1S/C14H20N4O2/c1-10-3-4-11(15)9-12(10)16-13(19)5-6-18-8-7-17(2)14(18)20/h3-4,9H,5-8,15H2,1-2H3,(H,16,19). The molecule has 3 amide bonds. The van der Waals surface area contributed by atoms with E-state index in [1.54, 1.807) is 29.0 Å². The van der Waals surface area contributed by atoms with Crippen LogP contribution >= 0.6 is 0 Å². The molecule has 2 rings (SSSR count). The van der Waals surface area contributed by atoms with Gasteiger partial charge in [-0.15, -0.1) is 0 Å². The van der Waals surface area contributed by atoms with Gasteiger partial charge in [0.25, 0.3) is 0 Å². The number of nitrogens with two attached hydrogens (primary N) is 1. The minimum absolute atomic E-state index is 0.0158. The predicted octanol–water partition coefficient (Wildman–Crippen LogP) is 1.27. The highest BCUT2D eigenvalue weighted by atomic mass is 16.2. The fraction of sp³-hybridized carbons (Fsp3) is 0.429. The smallest absolute Gasteiger partial charge is 0.319 e. The summed E-state index contributed by atoms with van der Waals surface area (Å²) in [5, 5.41) is 2.83. The molecular formula is C14H20N4O2. The molecule has 1 aliphatic heterocycles. The van der Waals surface area contributed by atoms with Crippen LogP contribution in [0, 0.1) is 6.92 Å². The number of nitrogen functional groups attached to an aromatic ring is 1. The number of nitrogens with zero attached hydrogens (tertiary/aromatic N) is 2. The molecule has 0 aromatic heterocycles. The topological polar surface area (TPSA) is 78.7 Å². The van der Waals surface area contributed by atoms with Crippen LogP contribution in [-0.4, -0.2) is 48.4 Å². The Kier molecular flexibility index (Phi) is 4.12. The number of rotatable bonds is 4.